The fourth-order valence-corrected chi connectivity index (χ4v) is 1.55. The highest BCUT2D eigenvalue weighted by molar-refractivity contribution is 14.1. The van der Waals surface area contributed by atoms with Crippen LogP contribution < -0.4 is 5.73 Å². The van der Waals surface area contributed by atoms with Crippen LogP contribution in [0, 0.1) is 3.57 Å². The van der Waals surface area contributed by atoms with Crippen LogP contribution in [0.3, 0.4) is 0 Å². The summed E-state index contributed by atoms with van der Waals surface area (Å²) < 4.78 is 1.10. The van der Waals surface area contributed by atoms with E-state index in [1.165, 1.54) is 0 Å². The first-order valence-electron chi connectivity index (χ1n) is 3.16. The molecule has 0 fully saturated rings. The van der Waals surface area contributed by atoms with Crippen LogP contribution in [-0.2, 0) is 0 Å². The van der Waals surface area contributed by atoms with Gasteiger partial charge in [0.15, 0.2) is 0 Å². The Kier molecular flexibility index (Phi) is 1.49. The lowest BCUT2D eigenvalue weighted by atomic mass is 10.4. The number of nitrogens with one attached hydrogen (secondary N) is 1. The summed E-state index contributed by atoms with van der Waals surface area (Å²) >= 11 is 2.22. The quantitative estimate of drug-likeness (QED) is 0.708. The van der Waals surface area contributed by atoms with Crippen LogP contribution >= 0.6 is 22.6 Å². The second-order valence-electron chi connectivity index (χ2n) is 2.27. The van der Waals surface area contributed by atoms with E-state index < -0.39 is 0 Å². The lowest BCUT2D eigenvalue weighted by molar-refractivity contribution is 1.41. The second kappa shape index (κ2) is 2.37. The molecule has 4 heteroatoms. The maximum atomic E-state index is 5.52. The number of nitrogens with two attached hydrogens (primary N) is 1. The number of aromatic nitrogens is 2. The third-order valence-electron chi connectivity index (χ3n) is 1.50. The fourth-order valence-electron chi connectivity index (χ4n) is 0.982. The van der Waals surface area contributed by atoms with Crippen LogP contribution in [0.15, 0.2) is 18.3 Å². The highest BCUT2D eigenvalue weighted by atomic mass is 127. The summed E-state index contributed by atoms with van der Waals surface area (Å²) in [4.78, 5) is 7.26. The molecule has 2 heterocycles. The lowest BCUT2D eigenvalue weighted by Gasteiger charge is -1.91. The normalized spacial score (nSPS) is 10.6. The van der Waals surface area contributed by atoms with Crippen molar-refractivity contribution in [1.82, 2.24) is 9.97 Å². The first-order chi connectivity index (χ1) is 5.27. The van der Waals surface area contributed by atoms with Crippen molar-refractivity contribution in [2.45, 2.75) is 0 Å². The van der Waals surface area contributed by atoms with E-state index in [2.05, 4.69) is 32.6 Å². The summed E-state index contributed by atoms with van der Waals surface area (Å²) in [7, 11) is 0. The molecule has 0 atom stereocenters. The van der Waals surface area contributed by atoms with Gasteiger partial charge in [-0.05, 0) is 34.7 Å². The van der Waals surface area contributed by atoms with Crippen molar-refractivity contribution in [2.75, 3.05) is 5.73 Å². The summed E-state index contributed by atoms with van der Waals surface area (Å²) in [5.41, 5.74) is 7.50. The third-order valence-corrected chi connectivity index (χ3v) is 2.32. The fraction of sp³-hybridized carbons (Fsp3) is 0. The number of fused-ring (bicyclic) bond motifs is 1. The molecule has 0 aromatic carbocycles. The molecule has 0 amide bonds. The smallest absolute Gasteiger partial charge is 0.124 e. The van der Waals surface area contributed by atoms with Gasteiger partial charge in [-0.25, -0.2) is 4.98 Å². The van der Waals surface area contributed by atoms with Gasteiger partial charge >= 0.3 is 0 Å². The predicted octanol–water partition coefficient (Wildman–Crippen LogP) is 1.75. The van der Waals surface area contributed by atoms with Gasteiger partial charge in [-0.1, -0.05) is 0 Å². The maximum Gasteiger partial charge on any atom is 0.124 e. The molecule has 2 rings (SSSR count). The van der Waals surface area contributed by atoms with Crippen LogP contribution in [0.2, 0.25) is 0 Å². The van der Waals surface area contributed by atoms with Crippen molar-refractivity contribution in [3.63, 3.8) is 0 Å². The van der Waals surface area contributed by atoms with Crippen molar-refractivity contribution in [3.05, 3.63) is 21.9 Å². The maximum absolute atomic E-state index is 5.52. The predicted molar refractivity (Wildman–Crippen MR) is 53.2 cm³/mol. The Morgan fingerprint density at radius 1 is 1.45 bits per heavy atom. The Balaban J connectivity index is 2.87. The minimum atomic E-state index is 0.565. The highest BCUT2D eigenvalue weighted by Gasteiger charge is 2.00. The van der Waals surface area contributed by atoms with Crippen molar-refractivity contribution >= 4 is 39.4 Å². The van der Waals surface area contributed by atoms with E-state index >= 15 is 0 Å². The van der Waals surface area contributed by atoms with Crippen LogP contribution in [0.4, 0.5) is 5.82 Å². The van der Waals surface area contributed by atoms with Gasteiger partial charge in [0.05, 0.1) is 9.09 Å². The molecule has 3 N–H and O–H groups in total. The number of H-pyrrole nitrogens is 1. The number of hydrogen-bond acceptors (Lipinski definition) is 2. The number of anilines is 1. The molecule has 3 nitrogen and oxygen atoms in total. The molecule has 0 aliphatic rings. The molecular weight excluding hydrogens is 253 g/mol. The van der Waals surface area contributed by atoms with Crippen LogP contribution in [0.25, 0.3) is 11.0 Å². The minimum Gasteiger partial charge on any atom is -0.384 e. The zero-order valence-corrected chi connectivity index (χ0v) is 7.79. The molecule has 0 saturated heterocycles. The molecule has 11 heavy (non-hydrogen) atoms. The standard InChI is InChI=1S/C7H6IN3/c8-4-3-10-5-1-2-6(9)11-7(4)5/h1-3,10H,(H2,9,11). The number of halogens is 1. The number of rotatable bonds is 0. The van der Waals surface area contributed by atoms with Gasteiger partial charge in [0, 0.05) is 6.20 Å². The molecule has 56 valence electrons. The SMILES string of the molecule is Nc1ccc2[nH]cc(I)c2n1. The first-order valence-corrected chi connectivity index (χ1v) is 4.24. The average Bonchev–Trinajstić information content (AvgIpc) is 2.33. The largest absolute Gasteiger partial charge is 0.384 e. The Morgan fingerprint density at radius 2 is 2.27 bits per heavy atom. The molecule has 0 saturated carbocycles. The van der Waals surface area contributed by atoms with Crippen molar-refractivity contribution in [2.24, 2.45) is 0 Å². The molecular formula is C7H6IN3. The van der Waals surface area contributed by atoms with E-state index in [0.717, 1.165) is 14.6 Å². The number of nitrogen functional groups attached to an aromatic ring is 1. The molecule has 0 spiro atoms. The first kappa shape index (κ1) is 6.90. The van der Waals surface area contributed by atoms with Gasteiger partial charge in [-0.3, -0.25) is 0 Å². The van der Waals surface area contributed by atoms with Crippen LogP contribution in [-0.4, -0.2) is 9.97 Å². The zero-order chi connectivity index (χ0) is 7.84. The molecule has 0 aliphatic heterocycles. The van der Waals surface area contributed by atoms with Crippen molar-refractivity contribution in [1.29, 1.82) is 0 Å². The number of nitrogens with zero attached hydrogens (tertiary/aromatic N) is 1. The molecule has 2 aromatic heterocycles. The summed E-state index contributed by atoms with van der Waals surface area (Å²) in [6.45, 7) is 0. The van der Waals surface area contributed by atoms with Gasteiger partial charge in [-0.2, -0.15) is 0 Å². The highest BCUT2D eigenvalue weighted by Crippen LogP contribution is 2.18. The van der Waals surface area contributed by atoms with Gasteiger partial charge in [0.1, 0.15) is 11.3 Å². The molecule has 0 aliphatic carbocycles. The monoisotopic (exact) mass is 259 g/mol. The van der Waals surface area contributed by atoms with E-state index in [9.17, 15) is 0 Å². The van der Waals surface area contributed by atoms with E-state index in [1.54, 1.807) is 6.07 Å². The minimum absolute atomic E-state index is 0.565. The summed E-state index contributed by atoms with van der Waals surface area (Å²) in [5.74, 6) is 0.565. The number of hydrogen-bond donors (Lipinski definition) is 2. The van der Waals surface area contributed by atoms with Crippen molar-refractivity contribution in [3.8, 4) is 0 Å². The summed E-state index contributed by atoms with van der Waals surface area (Å²) in [5, 5.41) is 0. The van der Waals surface area contributed by atoms with E-state index in [0.29, 0.717) is 5.82 Å². The van der Waals surface area contributed by atoms with Crippen LogP contribution in [0.5, 0.6) is 0 Å². The van der Waals surface area contributed by atoms with Gasteiger partial charge in [-0.15, -0.1) is 0 Å². The molecule has 0 radical (unpaired) electrons. The van der Waals surface area contributed by atoms with E-state index in [-0.39, 0.29) is 0 Å². The van der Waals surface area contributed by atoms with E-state index in [1.807, 2.05) is 12.3 Å². The van der Waals surface area contributed by atoms with Gasteiger partial charge in [0.25, 0.3) is 0 Å². The molecule has 0 bridgehead atoms. The topological polar surface area (TPSA) is 54.7 Å². The molecule has 2 aromatic rings. The Morgan fingerprint density at radius 3 is 3.09 bits per heavy atom. The third kappa shape index (κ3) is 1.07. The van der Waals surface area contributed by atoms with Gasteiger partial charge < -0.3 is 10.7 Å². The summed E-state index contributed by atoms with van der Waals surface area (Å²) in [6.07, 6.45) is 1.91. The average molecular weight is 259 g/mol. The Labute approximate surface area is 77.1 Å². The lowest BCUT2D eigenvalue weighted by Crippen LogP contribution is -1.88. The van der Waals surface area contributed by atoms with E-state index in [4.69, 9.17) is 5.73 Å². The summed E-state index contributed by atoms with van der Waals surface area (Å²) in [6, 6.07) is 3.72. The van der Waals surface area contributed by atoms with Crippen molar-refractivity contribution < 1.29 is 0 Å². The zero-order valence-electron chi connectivity index (χ0n) is 5.63. The van der Waals surface area contributed by atoms with Gasteiger partial charge in [0.2, 0.25) is 0 Å². The van der Waals surface area contributed by atoms with Crippen LogP contribution in [0.1, 0.15) is 0 Å². The molecule has 0 unspecified atom stereocenters. The Bertz CT molecular complexity index is 393. The second-order valence-corrected chi connectivity index (χ2v) is 3.43. The number of aromatic amines is 1. The Hall–Kier alpha value is -0.780. The number of pyridine rings is 1.